The molecule has 0 aliphatic rings. The van der Waals surface area contributed by atoms with Crippen molar-refractivity contribution in [3.8, 4) is 5.75 Å². The van der Waals surface area contributed by atoms with Crippen LogP contribution in [-0.2, 0) is 0 Å². The van der Waals surface area contributed by atoms with E-state index in [-0.39, 0.29) is 0 Å². The number of benzene rings is 1. The lowest BCUT2D eigenvalue weighted by Gasteiger charge is -1.99. The Morgan fingerprint density at radius 1 is 1.50 bits per heavy atom. The van der Waals surface area contributed by atoms with Gasteiger partial charge in [0.25, 0.3) is 0 Å². The van der Waals surface area contributed by atoms with Crippen molar-refractivity contribution in [2.24, 2.45) is 0 Å². The monoisotopic (exact) mass is 181 g/mol. The van der Waals surface area contributed by atoms with Crippen molar-refractivity contribution in [1.82, 2.24) is 0 Å². The van der Waals surface area contributed by atoms with Crippen LogP contribution in [0.4, 0.5) is 0 Å². The fraction of sp³-hybridized carbons (Fsp3) is 0.111. The molecular weight excluding hydrogens is 176 g/mol. The van der Waals surface area contributed by atoms with Crippen molar-refractivity contribution in [3.05, 3.63) is 29.7 Å². The van der Waals surface area contributed by atoms with E-state index >= 15 is 0 Å². The number of fused-ring (bicyclic) bond motifs is 1. The summed E-state index contributed by atoms with van der Waals surface area (Å²) < 4.78 is 9.91. The summed E-state index contributed by atoms with van der Waals surface area (Å²) in [4.78, 5) is 0. The zero-order valence-corrected chi connectivity index (χ0v) is 7.18. The molecule has 0 bridgehead atoms. The quantitative estimate of drug-likeness (QED) is 0.675. The van der Waals surface area contributed by atoms with Crippen LogP contribution in [-0.4, -0.2) is 7.11 Å². The second kappa shape index (κ2) is 2.72. The maximum absolute atomic E-state index is 5.91. The third-order valence-corrected chi connectivity index (χ3v) is 1.97. The SMILES string of the molecule is COc1cc(Cl)c2[c]occ2c1. The minimum absolute atomic E-state index is 0.595. The lowest BCUT2D eigenvalue weighted by molar-refractivity contribution is 0.415. The van der Waals surface area contributed by atoms with Crippen LogP contribution in [0.25, 0.3) is 10.8 Å². The molecule has 1 radical (unpaired) electrons. The summed E-state index contributed by atoms with van der Waals surface area (Å²) in [6, 6.07) is 3.58. The van der Waals surface area contributed by atoms with Crippen LogP contribution in [0.2, 0.25) is 5.02 Å². The van der Waals surface area contributed by atoms with E-state index in [1.807, 2.05) is 6.07 Å². The van der Waals surface area contributed by atoms with Gasteiger partial charge in [0.1, 0.15) is 5.75 Å². The summed E-state index contributed by atoms with van der Waals surface area (Å²) in [5, 5.41) is 2.29. The van der Waals surface area contributed by atoms with Gasteiger partial charge in [0, 0.05) is 5.39 Å². The Balaban J connectivity index is 2.75. The molecule has 0 atom stereocenters. The van der Waals surface area contributed by atoms with Crippen LogP contribution in [0.1, 0.15) is 0 Å². The molecule has 0 saturated heterocycles. The Kier molecular flexibility index (Phi) is 1.70. The standard InChI is InChI=1S/C9H6ClO2/c1-11-7-2-6-4-12-5-8(6)9(10)3-7/h2-4H,1H3. The summed E-state index contributed by atoms with van der Waals surface area (Å²) in [5.41, 5.74) is 0. The van der Waals surface area contributed by atoms with E-state index in [0.717, 1.165) is 16.5 Å². The average molecular weight is 182 g/mol. The van der Waals surface area contributed by atoms with Gasteiger partial charge in [-0.25, -0.2) is 0 Å². The molecule has 61 valence electrons. The number of hydrogen-bond donors (Lipinski definition) is 0. The van der Waals surface area contributed by atoms with E-state index in [1.165, 1.54) is 0 Å². The summed E-state index contributed by atoms with van der Waals surface area (Å²) >= 11 is 5.91. The van der Waals surface area contributed by atoms with Crippen LogP contribution < -0.4 is 4.74 Å². The Hall–Kier alpha value is -1.15. The molecule has 0 fully saturated rings. The molecule has 0 saturated carbocycles. The van der Waals surface area contributed by atoms with Gasteiger partial charge in [-0.15, -0.1) is 0 Å². The van der Waals surface area contributed by atoms with Crippen LogP contribution >= 0.6 is 11.6 Å². The summed E-state index contributed by atoms with van der Waals surface area (Å²) in [6.07, 6.45) is 4.26. The number of ether oxygens (including phenoxy) is 1. The minimum Gasteiger partial charge on any atom is -0.497 e. The number of rotatable bonds is 1. The fourth-order valence-electron chi connectivity index (χ4n) is 1.07. The molecule has 2 nitrogen and oxygen atoms in total. The van der Waals surface area contributed by atoms with Crippen LogP contribution in [0.15, 0.2) is 22.8 Å². The molecule has 3 heteroatoms. The van der Waals surface area contributed by atoms with E-state index < -0.39 is 0 Å². The van der Waals surface area contributed by atoms with Crippen molar-refractivity contribution < 1.29 is 9.15 Å². The van der Waals surface area contributed by atoms with Gasteiger partial charge in [-0.2, -0.15) is 0 Å². The van der Waals surface area contributed by atoms with Crippen LogP contribution in [0, 0.1) is 6.26 Å². The highest BCUT2D eigenvalue weighted by molar-refractivity contribution is 6.35. The van der Waals surface area contributed by atoms with Crippen LogP contribution in [0.3, 0.4) is 0 Å². The maximum Gasteiger partial charge on any atom is 0.179 e. The predicted molar refractivity (Wildman–Crippen MR) is 46.6 cm³/mol. The molecule has 1 aromatic heterocycles. The van der Waals surface area contributed by atoms with Gasteiger partial charge in [-0.05, 0) is 12.1 Å². The first-order valence-electron chi connectivity index (χ1n) is 3.43. The number of halogens is 1. The van der Waals surface area contributed by atoms with Gasteiger partial charge in [0.05, 0.1) is 23.8 Å². The fourth-order valence-corrected chi connectivity index (χ4v) is 1.33. The molecule has 2 aromatic rings. The largest absolute Gasteiger partial charge is 0.497 e. The lowest BCUT2D eigenvalue weighted by Crippen LogP contribution is -1.81. The highest BCUT2D eigenvalue weighted by Crippen LogP contribution is 2.29. The predicted octanol–water partition coefficient (Wildman–Crippen LogP) is 2.89. The van der Waals surface area contributed by atoms with Crippen molar-refractivity contribution >= 4 is 22.4 Å². The second-order valence-electron chi connectivity index (χ2n) is 2.41. The lowest BCUT2D eigenvalue weighted by atomic mass is 10.2. The first-order valence-corrected chi connectivity index (χ1v) is 3.81. The van der Waals surface area contributed by atoms with Crippen molar-refractivity contribution in [2.45, 2.75) is 0 Å². The zero-order chi connectivity index (χ0) is 8.55. The summed E-state index contributed by atoms with van der Waals surface area (Å²) in [6.45, 7) is 0. The Morgan fingerprint density at radius 2 is 2.33 bits per heavy atom. The van der Waals surface area contributed by atoms with Crippen molar-refractivity contribution in [3.63, 3.8) is 0 Å². The molecule has 0 spiro atoms. The third-order valence-electron chi connectivity index (χ3n) is 1.68. The van der Waals surface area contributed by atoms with Gasteiger partial charge in [-0.1, -0.05) is 11.6 Å². The smallest absolute Gasteiger partial charge is 0.179 e. The van der Waals surface area contributed by atoms with Gasteiger partial charge in [-0.3, -0.25) is 0 Å². The third kappa shape index (κ3) is 1.04. The zero-order valence-electron chi connectivity index (χ0n) is 6.43. The molecule has 2 rings (SSSR count). The van der Waals surface area contributed by atoms with E-state index in [0.29, 0.717) is 5.02 Å². The van der Waals surface area contributed by atoms with E-state index in [2.05, 4.69) is 6.26 Å². The Bertz CT molecular complexity index is 406. The van der Waals surface area contributed by atoms with Gasteiger partial charge in [0.15, 0.2) is 6.26 Å². The van der Waals surface area contributed by atoms with Gasteiger partial charge < -0.3 is 9.15 Å². The Labute approximate surface area is 74.7 Å². The van der Waals surface area contributed by atoms with Gasteiger partial charge in [0.2, 0.25) is 0 Å². The van der Waals surface area contributed by atoms with Crippen LogP contribution in [0.5, 0.6) is 5.75 Å². The number of methoxy groups -OCH3 is 1. The summed E-state index contributed by atoms with van der Waals surface area (Å²) in [5.74, 6) is 0.724. The second-order valence-corrected chi connectivity index (χ2v) is 2.82. The van der Waals surface area contributed by atoms with Gasteiger partial charge >= 0.3 is 0 Å². The molecule has 0 N–H and O–H groups in total. The maximum atomic E-state index is 5.91. The first-order chi connectivity index (χ1) is 5.81. The minimum atomic E-state index is 0.595. The molecule has 0 aliphatic carbocycles. The number of hydrogen-bond acceptors (Lipinski definition) is 2. The molecule has 0 aliphatic heterocycles. The Morgan fingerprint density at radius 3 is 3.08 bits per heavy atom. The molecule has 0 unspecified atom stereocenters. The first kappa shape index (κ1) is 7.50. The van der Waals surface area contributed by atoms with E-state index in [4.69, 9.17) is 20.8 Å². The van der Waals surface area contributed by atoms with E-state index in [9.17, 15) is 0 Å². The normalized spacial score (nSPS) is 10.5. The molecule has 0 amide bonds. The van der Waals surface area contributed by atoms with Crippen molar-refractivity contribution in [1.29, 1.82) is 0 Å². The highest BCUT2D eigenvalue weighted by atomic mass is 35.5. The highest BCUT2D eigenvalue weighted by Gasteiger charge is 2.04. The molecule has 1 aromatic carbocycles. The molecule has 12 heavy (non-hydrogen) atoms. The summed E-state index contributed by atoms with van der Waals surface area (Å²) in [7, 11) is 1.60. The number of furan rings is 1. The van der Waals surface area contributed by atoms with Crippen molar-refractivity contribution in [2.75, 3.05) is 7.11 Å². The molecular formula is C9H6ClO2. The topological polar surface area (TPSA) is 22.4 Å². The van der Waals surface area contributed by atoms with E-state index in [1.54, 1.807) is 19.4 Å². The molecule has 1 heterocycles. The average Bonchev–Trinajstić information content (AvgIpc) is 2.52.